The van der Waals surface area contributed by atoms with Crippen LogP contribution in [0.4, 0.5) is 5.82 Å². The quantitative estimate of drug-likeness (QED) is 0.417. The third-order valence-corrected chi connectivity index (χ3v) is 7.11. The van der Waals surface area contributed by atoms with Gasteiger partial charge in [-0.15, -0.1) is 11.3 Å². The molecule has 1 aromatic carbocycles. The van der Waals surface area contributed by atoms with Gasteiger partial charge in [0, 0.05) is 42.2 Å². The highest BCUT2D eigenvalue weighted by Crippen LogP contribution is 2.32. The van der Waals surface area contributed by atoms with E-state index in [2.05, 4.69) is 36.8 Å². The van der Waals surface area contributed by atoms with Gasteiger partial charge in [0.25, 0.3) is 5.89 Å². The molecule has 7 nitrogen and oxygen atoms in total. The van der Waals surface area contributed by atoms with Crippen molar-refractivity contribution in [1.29, 1.82) is 0 Å². The second-order valence-electron chi connectivity index (χ2n) is 8.55. The molecule has 8 heteroatoms. The van der Waals surface area contributed by atoms with E-state index in [1.54, 1.807) is 17.5 Å². The first-order valence-corrected chi connectivity index (χ1v) is 12.5. The zero-order valence-electron chi connectivity index (χ0n) is 19.1. The number of carbonyl (C=O) groups excluding carboxylic acids is 1. The fraction of sp³-hybridized carbons (Fsp3) is 0.308. The molecule has 1 amide bonds. The maximum atomic E-state index is 12.6. The van der Waals surface area contributed by atoms with Crippen molar-refractivity contribution in [3.63, 3.8) is 0 Å². The number of aryl methyl sites for hydroxylation is 1. The largest absolute Gasteiger partial charge is 0.356 e. The molecule has 5 rings (SSSR count). The summed E-state index contributed by atoms with van der Waals surface area (Å²) in [5.74, 6) is 2.01. The highest BCUT2D eigenvalue weighted by Gasteiger charge is 2.27. The van der Waals surface area contributed by atoms with Gasteiger partial charge in [0.05, 0.1) is 5.56 Å². The molecule has 1 aliphatic heterocycles. The summed E-state index contributed by atoms with van der Waals surface area (Å²) in [5.41, 5.74) is 2.91. The van der Waals surface area contributed by atoms with Crippen LogP contribution in [0.15, 0.2) is 64.6 Å². The number of rotatable bonds is 7. The number of nitrogens with one attached hydrogen (secondary N) is 1. The normalized spacial score (nSPS) is 14.3. The monoisotopic (exact) mass is 473 g/mol. The molecular weight excluding hydrogens is 446 g/mol. The Hall–Kier alpha value is -3.52. The predicted octanol–water partition coefficient (Wildman–Crippen LogP) is 4.74. The van der Waals surface area contributed by atoms with Crippen LogP contribution in [-0.4, -0.2) is 40.7 Å². The predicted molar refractivity (Wildman–Crippen MR) is 134 cm³/mol. The van der Waals surface area contributed by atoms with Gasteiger partial charge in [-0.3, -0.25) is 4.79 Å². The second kappa shape index (κ2) is 10.2. The number of carbonyl (C=O) groups is 1. The zero-order chi connectivity index (χ0) is 23.3. The summed E-state index contributed by atoms with van der Waals surface area (Å²) in [6.07, 6.45) is 4.24. The van der Waals surface area contributed by atoms with E-state index in [-0.39, 0.29) is 11.8 Å². The summed E-state index contributed by atoms with van der Waals surface area (Å²) in [5, 5.41) is 9.35. The number of thiophene rings is 1. The van der Waals surface area contributed by atoms with Crippen molar-refractivity contribution in [2.75, 3.05) is 24.5 Å². The second-order valence-corrected chi connectivity index (χ2v) is 9.58. The van der Waals surface area contributed by atoms with Crippen LogP contribution in [0.25, 0.3) is 22.8 Å². The number of piperidine rings is 1. The molecule has 1 aliphatic rings. The van der Waals surface area contributed by atoms with E-state index in [1.807, 2.05) is 49.4 Å². The maximum Gasteiger partial charge on any atom is 0.261 e. The molecule has 0 atom stereocenters. The van der Waals surface area contributed by atoms with Crippen LogP contribution in [-0.2, 0) is 11.2 Å². The van der Waals surface area contributed by atoms with E-state index < -0.39 is 0 Å². The molecule has 3 aromatic heterocycles. The minimum Gasteiger partial charge on any atom is -0.356 e. The summed E-state index contributed by atoms with van der Waals surface area (Å²) < 4.78 is 5.61. The third-order valence-electron chi connectivity index (χ3n) is 6.17. The lowest BCUT2D eigenvalue weighted by Gasteiger charge is -2.32. The van der Waals surface area contributed by atoms with Gasteiger partial charge in [-0.1, -0.05) is 41.1 Å². The van der Waals surface area contributed by atoms with Crippen LogP contribution >= 0.6 is 11.3 Å². The molecule has 0 unspecified atom stereocenters. The lowest BCUT2D eigenvalue weighted by atomic mass is 9.95. The summed E-state index contributed by atoms with van der Waals surface area (Å²) in [4.78, 5) is 25.4. The Morgan fingerprint density at radius 3 is 2.74 bits per heavy atom. The van der Waals surface area contributed by atoms with Gasteiger partial charge in [-0.05, 0) is 49.8 Å². The first-order chi connectivity index (χ1) is 16.7. The van der Waals surface area contributed by atoms with Gasteiger partial charge in [-0.2, -0.15) is 4.98 Å². The Bertz CT molecular complexity index is 1230. The molecule has 174 valence electrons. The average Bonchev–Trinajstić information content (AvgIpc) is 3.57. The Balaban J connectivity index is 1.22. The molecule has 1 N–H and O–H groups in total. The molecule has 34 heavy (non-hydrogen) atoms. The van der Waals surface area contributed by atoms with Crippen molar-refractivity contribution in [3.8, 4) is 22.8 Å². The standard InChI is InChI=1S/C26H27N5O2S/c1-18-6-8-19(9-7-18)23-29-26(33-30-23)22-5-2-13-27-24(22)31-15-11-20(12-16-31)25(32)28-14-10-21-4-3-17-34-21/h2-9,13,17,20H,10-12,14-16H2,1H3,(H,28,32). The maximum absolute atomic E-state index is 12.6. The van der Waals surface area contributed by atoms with Gasteiger partial charge in [0.2, 0.25) is 11.7 Å². The van der Waals surface area contributed by atoms with E-state index in [1.165, 1.54) is 10.4 Å². The van der Waals surface area contributed by atoms with Crippen molar-refractivity contribution in [2.45, 2.75) is 26.2 Å². The summed E-state index contributed by atoms with van der Waals surface area (Å²) in [6.45, 7) is 4.24. The molecule has 4 heterocycles. The number of anilines is 1. The van der Waals surface area contributed by atoms with Crippen molar-refractivity contribution >= 4 is 23.1 Å². The number of pyridine rings is 1. The molecule has 4 aromatic rings. The van der Waals surface area contributed by atoms with Gasteiger partial charge in [0.15, 0.2) is 0 Å². The molecule has 0 aliphatic carbocycles. The van der Waals surface area contributed by atoms with Gasteiger partial charge in [0.1, 0.15) is 5.82 Å². The van der Waals surface area contributed by atoms with Crippen LogP contribution in [0, 0.1) is 12.8 Å². The van der Waals surface area contributed by atoms with Crippen LogP contribution in [0.5, 0.6) is 0 Å². The SMILES string of the molecule is Cc1ccc(-c2noc(-c3cccnc3N3CCC(C(=O)NCCc4cccs4)CC3)n2)cc1. The number of benzene rings is 1. The zero-order valence-corrected chi connectivity index (χ0v) is 19.9. The Labute approximate surface area is 202 Å². The Kier molecular flexibility index (Phi) is 6.67. The molecule has 1 saturated heterocycles. The lowest BCUT2D eigenvalue weighted by molar-refractivity contribution is -0.125. The molecule has 0 saturated carbocycles. The van der Waals surface area contributed by atoms with E-state index in [9.17, 15) is 4.79 Å². The van der Waals surface area contributed by atoms with Gasteiger partial charge >= 0.3 is 0 Å². The Morgan fingerprint density at radius 2 is 1.97 bits per heavy atom. The number of nitrogens with zero attached hydrogens (tertiary/aromatic N) is 4. The molecule has 1 fully saturated rings. The summed E-state index contributed by atoms with van der Waals surface area (Å²) in [7, 11) is 0. The van der Waals surface area contributed by atoms with Gasteiger partial charge < -0.3 is 14.7 Å². The van der Waals surface area contributed by atoms with Gasteiger partial charge in [-0.25, -0.2) is 4.98 Å². The fourth-order valence-electron chi connectivity index (χ4n) is 4.23. The number of aromatic nitrogens is 3. The number of amides is 1. The molecule has 0 spiro atoms. The smallest absolute Gasteiger partial charge is 0.261 e. The summed E-state index contributed by atoms with van der Waals surface area (Å²) >= 11 is 1.73. The van der Waals surface area contributed by atoms with Crippen molar-refractivity contribution in [3.05, 3.63) is 70.5 Å². The topological polar surface area (TPSA) is 84.2 Å². The minimum absolute atomic E-state index is 0.0308. The molecule has 0 bridgehead atoms. The third kappa shape index (κ3) is 5.02. The number of hydrogen-bond donors (Lipinski definition) is 1. The van der Waals surface area contributed by atoms with Crippen molar-refractivity contribution in [2.24, 2.45) is 5.92 Å². The van der Waals surface area contributed by atoms with Crippen LogP contribution in [0.3, 0.4) is 0 Å². The van der Waals surface area contributed by atoms with Crippen LogP contribution in [0.2, 0.25) is 0 Å². The average molecular weight is 474 g/mol. The first-order valence-electron chi connectivity index (χ1n) is 11.6. The lowest BCUT2D eigenvalue weighted by Crippen LogP contribution is -2.41. The van der Waals surface area contributed by atoms with Crippen molar-refractivity contribution in [1.82, 2.24) is 20.4 Å². The minimum atomic E-state index is 0.0308. The molecular formula is C26H27N5O2S. The first kappa shape index (κ1) is 22.3. The fourth-order valence-corrected chi connectivity index (χ4v) is 4.94. The van der Waals surface area contributed by atoms with E-state index in [0.717, 1.165) is 49.3 Å². The Morgan fingerprint density at radius 1 is 1.15 bits per heavy atom. The highest BCUT2D eigenvalue weighted by atomic mass is 32.1. The van der Waals surface area contributed by atoms with Crippen LogP contribution < -0.4 is 10.2 Å². The molecule has 0 radical (unpaired) electrons. The summed E-state index contributed by atoms with van der Waals surface area (Å²) in [6, 6.07) is 16.0. The number of hydrogen-bond acceptors (Lipinski definition) is 7. The van der Waals surface area contributed by atoms with E-state index in [4.69, 9.17) is 4.52 Å². The van der Waals surface area contributed by atoms with E-state index >= 15 is 0 Å². The van der Waals surface area contributed by atoms with Crippen molar-refractivity contribution < 1.29 is 9.32 Å². The highest BCUT2D eigenvalue weighted by molar-refractivity contribution is 7.09. The van der Waals surface area contributed by atoms with E-state index in [0.29, 0.717) is 18.3 Å². The van der Waals surface area contributed by atoms with Crippen LogP contribution in [0.1, 0.15) is 23.3 Å².